The number of hydrogen-bond acceptors (Lipinski definition) is 6. The Balaban J connectivity index is 1.93. The number of nitrogens with zero attached hydrogens (tertiary/aromatic N) is 2. The van der Waals surface area contributed by atoms with Crippen molar-refractivity contribution in [1.29, 1.82) is 0 Å². The van der Waals surface area contributed by atoms with E-state index in [1.165, 1.54) is 0 Å². The van der Waals surface area contributed by atoms with Gasteiger partial charge in [0, 0.05) is 12.8 Å². The Kier molecular flexibility index (Phi) is 4.95. The van der Waals surface area contributed by atoms with Gasteiger partial charge in [-0.25, -0.2) is 0 Å². The molecule has 2 aromatic rings. The van der Waals surface area contributed by atoms with Crippen LogP contribution >= 0.6 is 0 Å². The predicted octanol–water partition coefficient (Wildman–Crippen LogP) is 2.72. The van der Waals surface area contributed by atoms with Crippen molar-refractivity contribution in [3.8, 4) is 5.75 Å². The van der Waals surface area contributed by atoms with Gasteiger partial charge in [-0.3, -0.25) is 0 Å². The van der Waals surface area contributed by atoms with E-state index in [4.69, 9.17) is 19.7 Å². The summed E-state index contributed by atoms with van der Waals surface area (Å²) in [6, 6.07) is 7.14. The van der Waals surface area contributed by atoms with Gasteiger partial charge in [0.25, 0.3) is 5.89 Å². The van der Waals surface area contributed by atoms with E-state index in [0.717, 1.165) is 12.8 Å². The van der Waals surface area contributed by atoms with Gasteiger partial charge in [-0.05, 0) is 30.7 Å². The summed E-state index contributed by atoms with van der Waals surface area (Å²) in [5.41, 5.74) is 6.30. The van der Waals surface area contributed by atoms with Gasteiger partial charge in [0.2, 0.25) is 5.82 Å². The molecule has 1 aromatic carbocycles. The first-order valence-electron chi connectivity index (χ1n) is 6.56. The van der Waals surface area contributed by atoms with Crippen molar-refractivity contribution in [2.24, 2.45) is 0 Å². The summed E-state index contributed by atoms with van der Waals surface area (Å²) in [7, 11) is 1.64. The number of hydrogen-bond donors (Lipinski definition) is 1. The average molecular weight is 277 g/mol. The highest BCUT2D eigenvalue weighted by Gasteiger charge is 2.17. The number of methoxy groups -OCH3 is 1. The Morgan fingerprint density at radius 2 is 2.05 bits per heavy atom. The number of nitrogens with two attached hydrogens (primary N) is 1. The Morgan fingerprint density at radius 1 is 1.30 bits per heavy atom. The first kappa shape index (κ1) is 14.3. The summed E-state index contributed by atoms with van der Waals surface area (Å²) in [5.74, 6) is 1.69. The van der Waals surface area contributed by atoms with Crippen molar-refractivity contribution in [3.05, 3.63) is 36.0 Å². The van der Waals surface area contributed by atoms with Gasteiger partial charge in [0.1, 0.15) is 11.9 Å². The molecule has 108 valence electrons. The fourth-order valence-corrected chi connectivity index (χ4v) is 1.78. The minimum atomic E-state index is -0.131. The summed E-state index contributed by atoms with van der Waals surface area (Å²) in [4.78, 5) is 4.28. The summed E-state index contributed by atoms with van der Waals surface area (Å²) in [5, 5.41) is 3.92. The van der Waals surface area contributed by atoms with E-state index < -0.39 is 0 Å². The molecule has 0 aliphatic heterocycles. The quantitative estimate of drug-likeness (QED) is 0.783. The molecule has 0 saturated heterocycles. The molecule has 0 radical (unpaired) electrons. The highest BCUT2D eigenvalue weighted by molar-refractivity contribution is 5.41. The number of rotatable bonds is 7. The minimum Gasteiger partial charge on any atom is -0.484 e. The zero-order chi connectivity index (χ0) is 14.4. The van der Waals surface area contributed by atoms with E-state index >= 15 is 0 Å². The maximum Gasteiger partial charge on any atom is 0.264 e. The highest BCUT2D eigenvalue weighted by atomic mass is 16.5. The van der Waals surface area contributed by atoms with Crippen LogP contribution in [0.25, 0.3) is 0 Å². The van der Waals surface area contributed by atoms with Gasteiger partial charge < -0.3 is 19.7 Å². The van der Waals surface area contributed by atoms with Gasteiger partial charge in [0.05, 0.1) is 0 Å². The second-order valence-electron chi connectivity index (χ2n) is 4.42. The van der Waals surface area contributed by atoms with Crippen molar-refractivity contribution in [3.63, 3.8) is 0 Å². The van der Waals surface area contributed by atoms with E-state index in [1.54, 1.807) is 31.4 Å². The van der Waals surface area contributed by atoms with E-state index in [9.17, 15) is 0 Å². The standard InChI is InChI=1S/C14H19N3O3/c1-3-4-12(18-2)14-16-13(20-17-14)9-19-11-7-5-10(15)6-8-11/h5-8,12H,3-4,9,15H2,1-2H3. The third-order valence-electron chi connectivity index (χ3n) is 2.85. The first-order chi connectivity index (χ1) is 9.72. The molecule has 2 rings (SSSR count). The van der Waals surface area contributed by atoms with E-state index in [-0.39, 0.29) is 12.7 Å². The zero-order valence-electron chi connectivity index (χ0n) is 11.7. The highest BCUT2D eigenvalue weighted by Crippen LogP contribution is 2.20. The lowest BCUT2D eigenvalue weighted by Crippen LogP contribution is -2.04. The molecule has 2 N–H and O–H groups in total. The molecule has 0 spiro atoms. The van der Waals surface area contributed by atoms with Crippen molar-refractivity contribution < 1.29 is 14.0 Å². The first-order valence-corrected chi connectivity index (χ1v) is 6.56. The molecule has 0 amide bonds. The molecule has 0 aliphatic carbocycles. The number of nitrogen functional groups attached to an aromatic ring is 1. The third kappa shape index (κ3) is 3.71. The van der Waals surface area contributed by atoms with Gasteiger partial charge in [-0.15, -0.1) is 0 Å². The molecule has 0 aliphatic rings. The number of ether oxygens (including phenoxy) is 2. The van der Waals surface area contributed by atoms with Crippen LogP contribution in [0, 0.1) is 0 Å². The van der Waals surface area contributed by atoms with Crippen LogP contribution in [0.3, 0.4) is 0 Å². The molecular formula is C14H19N3O3. The molecule has 0 bridgehead atoms. The topological polar surface area (TPSA) is 83.4 Å². The van der Waals surface area contributed by atoms with Gasteiger partial charge in [0.15, 0.2) is 6.61 Å². The summed E-state index contributed by atoms with van der Waals surface area (Å²) in [6.07, 6.45) is 1.72. The molecular weight excluding hydrogens is 258 g/mol. The lowest BCUT2D eigenvalue weighted by atomic mass is 10.2. The smallest absolute Gasteiger partial charge is 0.264 e. The molecule has 0 saturated carbocycles. The van der Waals surface area contributed by atoms with E-state index in [0.29, 0.717) is 23.2 Å². The second kappa shape index (κ2) is 6.91. The maximum atomic E-state index is 5.60. The van der Waals surface area contributed by atoms with Gasteiger partial charge >= 0.3 is 0 Å². The van der Waals surface area contributed by atoms with Gasteiger partial charge in [-0.1, -0.05) is 18.5 Å². The molecule has 1 aromatic heterocycles. The monoisotopic (exact) mass is 277 g/mol. The van der Waals surface area contributed by atoms with Crippen LogP contribution in [-0.4, -0.2) is 17.3 Å². The van der Waals surface area contributed by atoms with Crippen LogP contribution < -0.4 is 10.5 Å². The average Bonchev–Trinajstić information content (AvgIpc) is 2.93. The minimum absolute atomic E-state index is 0.131. The predicted molar refractivity (Wildman–Crippen MR) is 74.1 cm³/mol. The molecule has 1 unspecified atom stereocenters. The Morgan fingerprint density at radius 3 is 2.70 bits per heavy atom. The molecule has 6 heteroatoms. The Hall–Kier alpha value is -2.08. The van der Waals surface area contributed by atoms with Crippen LogP contribution in [0.15, 0.2) is 28.8 Å². The zero-order valence-corrected chi connectivity index (χ0v) is 11.7. The van der Waals surface area contributed by atoms with Crippen molar-refractivity contribution in [2.45, 2.75) is 32.5 Å². The second-order valence-corrected chi connectivity index (χ2v) is 4.42. The van der Waals surface area contributed by atoms with Crippen LogP contribution in [0.5, 0.6) is 5.75 Å². The Labute approximate surface area is 117 Å². The van der Waals surface area contributed by atoms with Crippen molar-refractivity contribution in [2.75, 3.05) is 12.8 Å². The Bertz CT molecular complexity index is 525. The summed E-state index contributed by atoms with van der Waals surface area (Å²) in [6.45, 7) is 2.30. The number of aromatic nitrogens is 2. The maximum absolute atomic E-state index is 5.60. The normalized spacial score (nSPS) is 12.3. The van der Waals surface area contributed by atoms with Crippen LogP contribution in [-0.2, 0) is 11.3 Å². The van der Waals surface area contributed by atoms with Crippen molar-refractivity contribution >= 4 is 5.69 Å². The van der Waals surface area contributed by atoms with Crippen molar-refractivity contribution in [1.82, 2.24) is 10.1 Å². The van der Waals surface area contributed by atoms with Crippen LogP contribution in [0.4, 0.5) is 5.69 Å². The fourth-order valence-electron chi connectivity index (χ4n) is 1.78. The SMILES string of the molecule is CCCC(OC)c1noc(COc2ccc(N)cc2)n1. The molecule has 6 nitrogen and oxygen atoms in total. The number of anilines is 1. The molecule has 0 fully saturated rings. The lowest BCUT2D eigenvalue weighted by Gasteiger charge is -2.08. The largest absolute Gasteiger partial charge is 0.484 e. The summed E-state index contributed by atoms with van der Waals surface area (Å²) >= 11 is 0. The van der Waals surface area contributed by atoms with Crippen LogP contribution in [0.2, 0.25) is 0 Å². The van der Waals surface area contributed by atoms with E-state index in [2.05, 4.69) is 17.1 Å². The molecule has 1 atom stereocenters. The molecule has 20 heavy (non-hydrogen) atoms. The fraction of sp³-hybridized carbons (Fsp3) is 0.429. The third-order valence-corrected chi connectivity index (χ3v) is 2.85. The van der Waals surface area contributed by atoms with E-state index in [1.807, 2.05) is 0 Å². The van der Waals surface area contributed by atoms with Gasteiger partial charge in [-0.2, -0.15) is 4.98 Å². The lowest BCUT2D eigenvalue weighted by molar-refractivity contribution is 0.0854. The summed E-state index contributed by atoms with van der Waals surface area (Å²) < 4.78 is 16.0. The molecule has 1 heterocycles. The van der Waals surface area contributed by atoms with Crippen LogP contribution in [0.1, 0.15) is 37.6 Å². The number of benzene rings is 1.